The number of piperidine rings is 1. The van der Waals surface area contributed by atoms with Crippen LogP contribution >= 0.6 is 0 Å². The second-order valence-electron chi connectivity index (χ2n) is 7.61. The van der Waals surface area contributed by atoms with Crippen molar-refractivity contribution in [2.75, 3.05) is 19.7 Å². The molecule has 2 N–H and O–H groups in total. The molecule has 0 bridgehead atoms. The molecule has 1 saturated carbocycles. The molecular weight excluding hydrogens is 326 g/mol. The van der Waals surface area contributed by atoms with E-state index in [1.165, 1.54) is 38.6 Å². The summed E-state index contributed by atoms with van der Waals surface area (Å²) in [6.45, 7) is 4.78. The highest BCUT2D eigenvalue weighted by Gasteiger charge is 2.28. The van der Waals surface area contributed by atoms with E-state index in [1.807, 2.05) is 31.2 Å². The lowest BCUT2D eigenvalue weighted by Crippen LogP contribution is -2.50. The molecule has 2 aromatic rings. The van der Waals surface area contributed by atoms with Crippen molar-refractivity contribution >= 4 is 16.8 Å². The Kier molecular flexibility index (Phi) is 5.16. The minimum absolute atomic E-state index is 0.00238. The van der Waals surface area contributed by atoms with E-state index in [1.54, 1.807) is 0 Å². The second kappa shape index (κ2) is 7.70. The van der Waals surface area contributed by atoms with Gasteiger partial charge in [0, 0.05) is 35.6 Å². The van der Waals surface area contributed by atoms with Crippen LogP contribution in [0.1, 0.15) is 55.9 Å². The Labute approximate surface area is 155 Å². The van der Waals surface area contributed by atoms with Crippen molar-refractivity contribution in [2.24, 2.45) is 0 Å². The Bertz CT molecular complexity index is 764. The molecule has 1 saturated heterocycles. The van der Waals surface area contributed by atoms with Gasteiger partial charge in [-0.15, -0.1) is 0 Å². The highest BCUT2D eigenvalue weighted by atomic mass is 16.5. The molecule has 5 heteroatoms. The van der Waals surface area contributed by atoms with Crippen LogP contribution in [0.5, 0.6) is 5.75 Å². The molecule has 2 aliphatic rings. The van der Waals surface area contributed by atoms with Gasteiger partial charge in [0.05, 0.1) is 6.61 Å². The smallest absolute Gasteiger partial charge is 0.267 e. The summed E-state index contributed by atoms with van der Waals surface area (Å²) in [7, 11) is 0. The average Bonchev–Trinajstić information content (AvgIpc) is 3.32. The van der Waals surface area contributed by atoms with E-state index < -0.39 is 0 Å². The summed E-state index contributed by atoms with van der Waals surface area (Å²) in [6.07, 6.45) is 7.61. The molecule has 1 amide bonds. The van der Waals surface area contributed by atoms with E-state index in [4.69, 9.17) is 4.74 Å². The van der Waals surface area contributed by atoms with Crippen LogP contribution in [-0.2, 0) is 0 Å². The number of aromatic nitrogens is 1. The first-order valence-corrected chi connectivity index (χ1v) is 10.0. The van der Waals surface area contributed by atoms with E-state index in [2.05, 4.69) is 15.2 Å². The van der Waals surface area contributed by atoms with E-state index in [0.29, 0.717) is 12.3 Å². The van der Waals surface area contributed by atoms with Crippen LogP contribution in [0.25, 0.3) is 10.9 Å². The van der Waals surface area contributed by atoms with Gasteiger partial charge in [-0.2, -0.15) is 0 Å². The Hall–Kier alpha value is -2.01. The Morgan fingerprint density at radius 3 is 2.88 bits per heavy atom. The minimum Gasteiger partial charge on any atom is -0.494 e. The van der Waals surface area contributed by atoms with Gasteiger partial charge < -0.3 is 15.0 Å². The largest absolute Gasteiger partial charge is 0.494 e. The molecule has 1 aromatic heterocycles. The number of carbonyl (C=O) groups is 1. The van der Waals surface area contributed by atoms with Crippen LogP contribution in [0.15, 0.2) is 24.3 Å². The molecule has 1 aromatic carbocycles. The molecule has 1 unspecified atom stereocenters. The second-order valence-corrected chi connectivity index (χ2v) is 7.61. The maximum Gasteiger partial charge on any atom is 0.267 e. The van der Waals surface area contributed by atoms with E-state index in [0.717, 1.165) is 35.7 Å². The fourth-order valence-electron chi connectivity index (χ4n) is 4.47. The average molecular weight is 355 g/mol. The van der Waals surface area contributed by atoms with E-state index in [-0.39, 0.29) is 11.9 Å². The number of hydrogen-bond acceptors (Lipinski definition) is 3. The van der Waals surface area contributed by atoms with Crippen molar-refractivity contribution in [3.8, 4) is 5.75 Å². The lowest BCUT2D eigenvalue weighted by atomic mass is 10.0. The van der Waals surface area contributed by atoms with Crippen molar-refractivity contribution in [1.82, 2.24) is 15.2 Å². The number of benzene rings is 1. The monoisotopic (exact) mass is 355 g/mol. The minimum atomic E-state index is -0.00238. The molecule has 5 nitrogen and oxygen atoms in total. The number of nitrogens with one attached hydrogen (secondary N) is 2. The summed E-state index contributed by atoms with van der Waals surface area (Å²) in [6, 6.07) is 8.82. The third kappa shape index (κ3) is 3.73. The van der Waals surface area contributed by atoms with Crippen molar-refractivity contribution in [1.29, 1.82) is 0 Å². The standard InChI is InChI=1S/C21H29N3O2/c1-2-26-18-10-9-15-12-20(23-19(15)13-18)21(25)22-16-6-5-11-24(14-16)17-7-3-4-8-17/h9-10,12-13,16-17,23H,2-8,11,14H2,1H3,(H,22,25). The summed E-state index contributed by atoms with van der Waals surface area (Å²) < 4.78 is 5.54. The van der Waals surface area contributed by atoms with Crippen molar-refractivity contribution < 1.29 is 9.53 Å². The molecule has 4 rings (SSSR count). The third-order valence-corrected chi connectivity index (χ3v) is 5.78. The van der Waals surface area contributed by atoms with Crippen LogP contribution in [0.3, 0.4) is 0 Å². The number of fused-ring (bicyclic) bond motifs is 1. The Morgan fingerprint density at radius 2 is 2.08 bits per heavy atom. The summed E-state index contributed by atoms with van der Waals surface area (Å²) in [5.74, 6) is 0.825. The predicted molar refractivity (Wildman–Crippen MR) is 104 cm³/mol. The van der Waals surface area contributed by atoms with E-state index in [9.17, 15) is 4.79 Å². The predicted octanol–water partition coefficient (Wildman–Crippen LogP) is 3.70. The maximum absolute atomic E-state index is 12.7. The van der Waals surface area contributed by atoms with Crippen molar-refractivity contribution in [3.63, 3.8) is 0 Å². The number of amides is 1. The molecule has 0 spiro atoms. The Morgan fingerprint density at radius 1 is 1.23 bits per heavy atom. The topological polar surface area (TPSA) is 57.4 Å². The zero-order valence-corrected chi connectivity index (χ0v) is 15.6. The zero-order chi connectivity index (χ0) is 17.9. The van der Waals surface area contributed by atoms with Crippen LogP contribution in [0.4, 0.5) is 0 Å². The first-order valence-electron chi connectivity index (χ1n) is 10.0. The highest BCUT2D eigenvalue weighted by Crippen LogP contribution is 2.26. The Balaban J connectivity index is 1.41. The van der Waals surface area contributed by atoms with Crippen LogP contribution in [-0.4, -0.2) is 47.6 Å². The summed E-state index contributed by atoms with van der Waals surface area (Å²) in [5, 5.41) is 4.28. The van der Waals surface area contributed by atoms with Crippen LogP contribution < -0.4 is 10.1 Å². The lowest BCUT2D eigenvalue weighted by molar-refractivity contribution is 0.0871. The third-order valence-electron chi connectivity index (χ3n) is 5.78. The first kappa shape index (κ1) is 17.4. The molecule has 2 heterocycles. The van der Waals surface area contributed by atoms with Gasteiger partial charge >= 0.3 is 0 Å². The van der Waals surface area contributed by atoms with Gasteiger partial charge in [-0.05, 0) is 57.4 Å². The van der Waals surface area contributed by atoms with Gasteiger partial charge in [0.15, 0.2) is 0 Å². The van der Waals surface area contributed by atoms with Gasteiger partial charge in [-0.25, -0.2) is 0 Å². The summed E-state index contributed by atoms with van der Waals surface area (Å²) in [5.41, 5.74) is 1.57. The van der Waals surface area contributed by atoms with Gasteiger partial charge in [-0.1, -0.05) is 12.8 Å². The molecule has 0 radical (unpaired) electrons. The van der Waals surface area contributed by atoms with Gasteiger partial charge in [0.1, 0.15) is 11.4 Å². The summed E-state index contributed by atoms with van der Waals surface area (Å²) in [4.78, 5) is 18.6. The SMILES string of the molecule is CCOc1ccc2cc(C(=O)NC3CCCN(C4CCCC4)C3)[nH]c2c1. The molecule has 2 fully saturated rings. The zero-order valence-electron chi connectivity index (χ0n) is 15.6. The van der Waals surface area contributed by atoms with Gasteiger partial charge in [-0.3, -0.25) is 9.69 Å². The fourth-order valence-corrected chi connectivity index (χ4v) is 4.47. The molecule has 1 aliphatic carbocycles. The lowest BCUT2D eigenvalue weighted by Gasteiger charge is -2.37. The fraction of sp³-hybridized carbons (Fsp3) is 0.571. The molecule has 140 valence electrons. The number of aromatic amines is 1. The number of nitrogens with zero attached hydrogens (tertiary/aromatic N) is 1. The van der Waals surface area contributed by atoms with Crippen LogP contribution in [0, 0.1) is 0 Å². The molecule has 1 atom stereocenters. The normalized spacial score (nSPS) is 22.0. The van der Waals surface area contributed by atoms with Crippen LogP contribution in [0.2, 0.25) is 0 Å². The number of carbonyl (C=O) groups excluding carboxylic acids is 1. The quantitative estimate of drug-likeness (QED) is 0.860. The van der Waals surface area contributed by atoms with Crippen molar-refractivity contribution in [2.45, 2.75) is 57.5 Å². The maximum atomic E-state index is 12.7. The van der Waals surface area contributed by atoms with E-state index >= 15 is 0 Å². The molecule has 26 heavy (non-hydrogen) atoms. The molecular formula is C21H29N3O2. The number of likely N-dealkylation sites (tertiary alicyclic amines) is 1. The highest BCUT2D eigenvalue weighted by molar-refractivity contribution is 5.98. The number of ether oxygens (including phenoxy) is 1. The number of hydrogen-bond donors (Lipinski definition) is 2. The number of rotatable bonds is 5. The summed E-state index contributed by atoms with van der Waals surface area (Å²) >= 11 is 0. The first-order chi connectivity index (χ1) is 12.7. The number of H-pyrrole nitrogens is 1. The van der Waals surface area contributed by atoms with Crippen molar-refractivity contribution in [3.05, 3.63) is 30.0 Å². The van der Waals surface area contributed by atoms with Gasteiger partial charge in [0.2, 0.25) is 0 Å². The van der Waals surface area contributed by atoms with Gasteiger partial charge in [0.25, 0.3) is 5.91 Å². The molecule has 1 aliphatic heterocycles.